The maximum Gasteiger partial charge on any atom is 0.242 e. The van der Waals surface area contributed by atoms with E-state index in [4.69, 9.17) is 4.74 Å². The van der Waals surface area contributed by atoms with Crippen LogP contribution in [0.15, 0.2) is 85.2 Å². The van der Waals surface area contributed by atoms with E-state index in [9.17, 15) is 9.59 Å². The third kappa shape index (κ3) is 7.08. The lowest BCUT2D eigenvalue weighted by Gasteiger charge is -2.29. The van der Waals surface area contributed by atoms with Crippen molar-refractivity contribution in [2.45, 2.75) is 63.5 Å². The minimum Gasteiger partial charge on any atom is -0.486 e. The number of likely N-dealkylation sites (N-methyl/N-ethyl adjacent to an activating group) is 1. The summed E-state index contributed by atoms with van der Waals surface area (Å²) in [5, 5.41) is 8.97. The molecule has 0 aliphatic heterocycles. The summed E-state index contributed by atoms with van der Waals surface area (Å²) in [4.78, 5) is 34.6. The van der Waals surface area contributed by atoms with E-state index in [0.29, 0.717) is 5.95 Å². The Morgan fingerprint density at radius 2 is 1.68 bits per heavy atom. The molecule has 2 aliphatic rings. The minimum absolute atomic E-state index is 0.0549. The zero-order valence-corrected chi connectivity index (χ0v) is 25.1. The van der Waals surface area contributed by atoms with Gasteiger partial charge < -0.3 is 20.7 Å². The Balaban J connectivity index is 1.07. The molecule has 0 unspecified atom stereocenters. The van der Waals surface area contributed by atoms with E-state index in [0.717, 1.165) is 66.7 Å². The van der Waals surface area contributed by atoms with Crippen molar-refractivity contribution in [3.8, 4) is 16.9 Å². The van der Waals surface area contributed by atoms with Crippen molar-refractivity contribution >= 4 is 23.5 Å². The first-order chi connectivity index (χ1) is 21.6. The van der Waals surface area contributed by atoms with Gasteiger partial charge in [0.25, 0.3) is 0 Å². The summed E-state index contributed by atoms with van der Waals surface area (Å²) in [7, 11) is 1.63. The van der Waals surface area contributed by atoms with Crippen LogP contribution in [0.3, 0.4) is 0 Å². The molecule has 2 amide bonds. The van der Waals surface area contributed by atoms with Crippen LogP contribution < -0.4 is 20.7 Å². The second kappa shape index (κ2) is 13.7. The largest absolute Gasteiger partial charge is 0.486 e. The number of nitrogens with zero attached hydrogens (tertiary/aromatic N) is 2. The van der Waals surface area contributed by atoms with Crippen molar-refractivity contribution in [1.82, 2.24) is 20.6 Å². The van der Waals surface area contributed by atoms with Gasteiger partial charge in [0.15, 0.2) is 0 Å². The van der Waals surface area contributed by atoms with Crippen molar-refractivity contribution in [2.75, 3.05) is 12.4 Å². The predicted molar refractivity (Wildman–Crippen MR) is 172 cm³/mol. The highest BCUT2D eigenvalue weighted by atomic mass is 16.5. The number of fused-ring (bicyclic) bond motifs is 1. The molecule has 6 rings (SSSR count). The smallest absolute Gasteiger partial charge is 0.242 e. The number of aromatic nitrogens is 2. The van der Waals surface area contributed by atoms with Crippen LogP contribution in [0.1, 0.15) is 61.3 Å². The third-order valence-corrected chi connectivity index (χ3v) is 8.69. The van der Waals surface area contributed by atoms with Crippen LogP contribution in [0.25, 0.3) is 11.1 Å². The molecule has 8 heteroatoms. The fraction of sp³-hybridized carbons (Fsp3) is 0.333. The number of anilines is 2. The zero-order valence-electron chi connectivity index (χ0n) is 25.1. The van der Waals surface area contributed by atoms with Gasteiger partial charge in [-0.25, -0.2) is 9.97 Å². The first kappa shape index (κ1) is 29.4. The monoisotopic (exact) mass is 589 g/mol. The van der Waals surface area contributed by atoms with Crippen LogP contribution in [0.2, 0.25) is 0 Å². The van der Waals surface area contributed by atoms with E-state index in [2.05, 4.69) is 44.1 Å². The van der Waals surface area contributed by atoms with Gasteiger partial charge in [0.05, 0.1) is 6.42 Å². The second-order valence-electron chi connectivity index (χ2n) is 11.7. The lowest BCUT2D eigenvalue weighted by molar-refractivity contribution is -0.130. The first-order valence-corrected chi connectivity index (χ1v) is 15.6. The molecule has 3 aromatic carbocycles. The van der Waals surface area contributed by atoms with Crippen LogP contribution in [-0.4, -0.2) is 34.9 Å². The average Bonchev–Trinajstić information content (AvgIpc) is 3.46. The van der Waals surface area contributed by atoms with Crippen LogP contribution in [0, 0.1) is 5.92 Å². The highest BCUT2D eigenvalue weighted by molar-refractivity contribution is 5.88. The SMILES string of the molecule is CNC(=O)[C@H](NC(=O)Cc1cccc(O[C@H]2CCc3cc(-c4cnc(Nc5ccccc5)nc4)ccc32)c1)C1CCCCC1. The number of para-hydroxylation sites is 1. The number of hydrogen-bond donors (Lipinski definition) is 3. The lowest BCUT2D eigenvalue weighted by atomic mass is 9.83. The van der Waals surface area contributed by atoms with Gasteiger partial charge in [0.2, 0.25) is 17.8 Å². The van der Waals surface area contributed by atoms with Crippen molar-refractivity contribution in [3.05, 3.63) is 102 Å². The molecular weight excluding hydrogens is 550 g/mol. The number of amides is 2. The molecule has 3 N–H and O–H groups in total. The Hall–Kier alpha value is -4.72. The molecule has 1 saturated carbocycles. The number of ether oxygens (including phenoxy) is 1. The molecule has 1 fully saturated rings. The Kier molecular flexibility index (Phi) is 9.15. The molecule has 1 heterocycles. The summed E-state index contributed by atoms with van der Waals surface area (Å²) in [6, 6.07) is 23.5. The fourth-order valence-electron chi connectivity index (χ4n) is 6.40. The van der Waals surface area contributed by atoms with E-state index in [-0.39, 0.29) is 30.3 Å². The van der Waals surface area contributed by atoms with E-state index in [1.807, 2.05) is 67.0 Å². The minimum atomic E-state index is -0.484. The van der Waals surface area contributed by atoms with Crippen LogP contribution in [0.4, 0.5) is 11.6 Å². The van der Waals surface area contributed by atoms with Gasteiger partial charge in [-0.05, 0) is 78.1 Å². The molecule has 0 bridgehead atoms. The molecule has 2 aliphatic carbocycles. The summed E-state index contributed by atoms with van der Waals surface area (Å²) in [5.74, 6) is 1.23. The topological polar surface area (TPSA) is 105 Å². The molecule has 1 aromatic heterocycles. The van der Waals surface area contributed by atoms with Crippen molar-refractivity contribution in [2.24, 2.45) is 5.92 Å². The molecule has 44 heavy (non-hydrogen) atoms. The van der Waals surface area contributed by atoms with Crippen molar-refractivity contribution < 1.29 is 14.3 Å². The Bertz CT molecular complexity index is 1590. The van der Waals surface area contributed by atoms with Crippen molar-refractivity contribution in [1.29, 1.82) is 0 Å². The highest BCUT2D eigenvalue weighted by Crippen LogP contribution is 2.37. The number of aryl methyl sites for hydroxylation is 1. The Morgan fingerprint density at radius 1 is 0.886 bits per heavy atom. The second-order valence-corrected chi connectivity index (χ2v) is 11.7. The van der Waals surface area contributed by atoms with Crippen LogP contribution in [0.5, 0.6) is 5.75 Å². The number of carbonyl (C=O) groups is 2. The van der Waals surface area contributed by atoms with Crippen molar-refractivity contribution in [3.63, 3.8) is 0 Å². The van der Waals surface area contributed by atoms with Gasteiger partial charge >= 0.3 is 0 Å². The van der Waals surface area contributed by atoms with Gasteiger partial charge in [-0.2, -0.15) is 0 Å². The molecule has 2 atom stereocenters. The zero-order chi connectivity index (χ0) is 30.3. The summed E-state index contributed by atoms with van der Waals surface area (Å²) in [5.41, 5.74) is 6.29. The van der Waals surface area contributed by atoms with E-state index >= 15 is 0 Å². The van der Waals surface area contributed by atoms with Gasteiger partial charge in [-0.15, -0.1) is 0 Å². The average molecular weight is 590 g/mol. The predicted octanol–water partition coefficient (Wildman–Crippen LogP) is 6.31. The number of nitrogens with one attached hydrogen (secondary N) is 3. The Labute approximate surface area is 258 Å². The number of rotatable bonds is 10. The summed E-state index contributed by atoms with van der Waals surface area (Å²) >= 11 is 0. The molecule has 0 saturated heterocycles. The fourth-order valence-corrected chi connectivity index (χ4v) is 6.40. The normalized spacial score (nSPS) is 16.9. The van der Waals surface area contributed by atoms with E-state index in [1.54, 1.807) is 7.05 Å². The third-order valence-electron chi connectivity index (χ3n) is 8.69. The van der Waals surface area contributed by atoms with Gasteiger partial charge in [-0.3, -0.25) is 9.59 Å². The summed E-state index contributed by atoms with van der Waals surface area (Å²) in [6.45, 7) is 0. The standard InChI is InChI=1S/C36H39N5O3/c1-37-35(43)34(25-10-4-2-5-11-25)41-33(42)20-24-9-8-14-30(19-24)44-32-18-16-27-21-26(15-17-31(27)32)28-22-38-36(39-23-28)40-29-12-6-3-7-13-29/h3,6-9,12-15,17,19,21-23,25,32,34H,2,4-5,10-11,16,18,20H2,1H3,(H,37,43)(H,41,42)(H,38,39,40)/t32-,34+/m0/s1. The van der Waals surface area contributed by atoms with Gasteiger partial charge in [0.1, 0.15) is 17.9 Å². The van der Waals surface area contributed by atoms with E-state index < -0.39 is 6.04 Å². The molecule has 0 radical (unpaired) electrons. The lowest BCUT2D eigenvalue weighted by Crippen LogP contribution is -2.51. The Morgan fingerprint density at radius 3 is 2.45 bits per heavy atom. The number of benzene rings is 3. The summed E-state index contributed by atoms with van der Waals surface area (Å²) < 4.78 is 6.45. The molecule has 8 nitrogen and oxygen atoms in total. The molecule has 0 spiro atoms. The quantitative estimate of drug-likeness (QED) is 0.200. The first-order valence-electron chi connectivity index (χ1n) is 15.6. The maximum absolute atomic E-state index is 13.0. The van der Waals surface area contributed by atoms with Crippen LogP contribution in [-0.2, 0) is 22.4 Å². The molecular formula is C36H39N5O3. The maximum atomic E-state index is 13.0. The number of carbonyl (C=O) groups excluding carboxylic acids is 2. The molecule has 4 aromatic rings. The van der Waals surface area contributed by atoms with Gasteiger partial charge in [0, 0.05) is 30.7 Å². The van der Waals surface area contributed by atoms with Crippen LogP contribution >= 0.6 is 0 Å². The highest BCUT2D eigenvalue weighted by Gasteiger charge is 2.30. The molecule has 226 valence electrons. The van der Waals surface area contributed by atoms with Gasteiger partial charge in [-0.1, -0.05) is 67.8 Å². The number of hydrogen-bond acceptors (Lipinski definition) is 6. The van der Waals surface area contributed by atoms with E-state index in [1.165, 1.54) is 17.5 Å². The summed E-state index contributed by atoms with van der Waals surface area (Å²) in [6.07, 6.45) is 11.0.